The molecule has 8 nitrogen and oxygen atoms in total. The number of amides is 1. The Morgan fingerprint density at radius 2 is 1.92 bits per heavy atom. The summed E-state index contributed by atoms with van der Waals surface area (Å²) >= 11 is 0. The summed E-state index contributed by atoms with van der Waals surface area (Å²) < 4.78 is 38.4. The molecule has 25 heavy (non-hydrogen) atoms. The monoisotopic (exact) mass is 353 g/mol. The molecular weight excluding hydrogens is 339 g/mol. The van der Waals surface area contributed by atoms with E-state index in [1.54, 1.807) is 9.80 Å². The van der Waals surface area contributed by atoms with Crippen LogP contribution in [0.2, 0.25) is 0 Å². The molecule has 1 amide bonds. The molecule has 2 aromatic heterocycles. The molecule has 0 aliphatic carbocycles. The summed E-state index contributed by atoms with van der Waals surface area (Å²) in [5.41, 5.74) is -0.685. The van der Waals surface area contributed by atoms with Crippen molar-refractivity contribution in [3.8, 4) is 0 Å². The predicted octanol–water partition coefficient (Wildman–Crippen LogP) is 0.822. The molecule has 2 fully saturated rings. The van der Waals surface area contributed by atoms with Crippen LogP contribution in [-0.4, -0.2) is 62.4 Å². The number of aromatic nitrogens is 5. The number of rotatable bonds is 2. The topological polar surface area (TPSA) is 90.9 Å². The lowest BCUT2D eigenvalue weighted by molar-refractivity contribution is -0.141. The minimum absolute atomic E-state index is 0.0820. The van der Waals surface area contributed by atoms with Gasteiger partial charge in [0.2, 0.25) is 5.95 Å². The molecule has 1 N–H and O–H groups in total. The largest absolute Gasteiger partial charge is 0.433 e. The zero-order valence-corrected chi connectivity index (χ0v) is 12.9. The van der Waals surface area contributed by atoms with Gasteiger partial charge in [0, 0.05) is 44.2 Å². The van der Waals surface area contributed by atoms with Crippen LogP contribution >= 0.6 is 0 Å². The number of anilines is 1. The molecule has 2 saturated heterocycles. The maximum atomic E-state index is 12.8. The molecule has 2 unspecified atom stereocenters. The van der Waals surface area contributed by atoms with Gasteiger partial charge in [-0.2, -0.15) is 28.6 Å². The average molecular weight is 353 g/mol. The third-order valence-electron chi connectivity index (χ3n) is 4.62. The second kappa shape index (κ2) is 5.67. The summed E-state index contributed by atoms with van der Waals surface area (Å²) in [5.74, 6) is 0.242. The van der Waals surface area contributed by atoms with Gasteiger partial charge in [0.1, 0.15) is 5.69 Å². The number of alkyl halides is 3. The number of hydrogen-bond acceptors (Lipinski definition) is 6. The molecule has 0 radical (unpaired) electrons. The minimum atomic E-state index is -4.49. The Kier molecular flexibility index (Phi) is 3.58. The third kappa shape index (κ3) is 2.89. The van der Waals surface area contributed by atoms with Crippen LogP contribution in [0.15, 0.2) is 18.5 Å². The third-order valence-corrected chi connectivity index (χ3v) is 4.62. The molecule has 2 aromatic rings. The van der Waals surface area contributed by atoms with Gasteiger partial charge in [-0.3, -0.25) is 4.79 Å². The summed E-state index contributed by atoms with van der Waals surface area (Å²) in [4.78, 5) is 23.3. The fraction of sp³-hybridized carbons (Fsp3) is 0.500. The van der Waals surface area contributed by atoms with Crippen LogP contribution in [0.5, 0.6) is 0 Å². The van der Waals surface area contributed by atoms with E-state index in [1.165, 1.54) is 6.20 Å². The number of nitrogens with one attached hydrogen (secondary N) is 1. The second-order valence-corrected chi connectivity index (χ2v) is 6.23. The molecule has 2 aliphatic heterocycles. The fourth-order valence-corrected chi connectivity index (χ4v) is 3.45. The van der Waals surface area contributed by atoms with E-state index in [4.69, 9.17) is 0 Å². The molecule has 132 valence electrons. The SMILES string of the molecule is O=C(c1cn[nH]n1)N1CC2CN(c3nccc(C(F)(F)F)n3)CC2C1. The highest BCUT2D eigenvalue weighted by Gasteiger charge is 2.43. The van der Waals surface area contributed by atoms with Crippen LogP contribution in [-0.2, 0) is 6.18 Å². The quantitative estimate of drug-likeness (QED) is 0.860. The van der Waals surface area contributed by atoms with Gasteiger partial charge in [-0.1, -0.05) is 0 Å². The maximum Gasteiger partial charge on any atom is 0.433 e. The van der Waals surface area contributed by atoms with E-state index >= 15 is 0 Å². The predicted molar refractivity (Wildman–Crippen MR) is 78.5 cm³/mol. The van der Waals surface area contributed by atoms with Gasteiger partial charge in [0.15, 0.2) is 5.69 Å². The first-order chi connectivity index (χ1) is 11.9. The molecule has 0 saturated carbocycles. The van der Waals surface area contributed by atoms with Crippen molar-refractivity contribution in [1.29, 1.82) is 0 Å². The minimum Gasteiger partial charge on any atom is -0.340 e. The van der Waals surface area contributed by atoms with Gasteiger partial charge in [-0.25, -0.2) is 9.97 Å². The van der Waals surface area contributed by atoms with Crippen LogP contribution in [0.1, 0.15) is 16.2 Å². The van der Waals surface area contributed by atoms with Gasteiger partial charge < -0.3 is 9.80 Å². The number of aromatic amines is 1. The number of likely N-dealkylation sites (tertiary alicyclic amines) is 1. The van der Waals surface area contributed by atoms with Crippen molar-refractivity contribution in [2.75, 3.05) is 31.1 Å². The van der Waals surface area contributed by atoms with Crippen LogP contribution in [0, 0.1) is 11.8 Å². The van der Waals surface area contributed by atoms with Crippen LogP contribution in [0.3, 0.4) is 0 Å². The highest BCUT2D eigenvalue weighted by atomic mass is 19.4. The maximum absolute atomic E-state index is 12.8. The Bertz CT molecular complexity index is 765. The number of carbonyl (C=O) groups is 1. The number of H-pyrrole nitrogens is 1. The van der Waals surface area contributed by atoms with Crippen molar-refractivity contribution in [2.24, 2.45) is 11.8 Å². The van der Waals surface area contributed by atoms with E-state index in [2.05, 4.69) is 25.4 Å². The van der Waals surface area contributed by atoms with E-state index in [0.29, 0.717) is 26.2 Å². The van der Waals surface area contributed by atoms with Gasteiger partial charge in [0.25, 0.3) is 5.91 Å². The van der Waals surface area contributed by atoms with Crippen molar-refractivity contribution < 1.29 is 18.0 Å². The lowest BCUT2D eigenvalue weighted by atomic mass is 10.0. The molecule has 0 bridgehead atoms. The van der Waals surface area contributed by atoms with E-state index in [0.717, 1.165) is 12.3 Å². The second-order valence-electron chi connectivity index (χ2n) is 6.23. The summed E-state index contributed by atoms with van der Waals surface area (Å²) in [6, 6.07) is 0.860. The average Bonchev–Trinajstić information content (AvgIpc) is 3.29. The molecule has 4 rings (SSSR count). The van der Waals surface area contributed by atoms with Crippen molar-refractivity contribution in [3.63, 3.8) is 0 Å². The molecular formula is C14H14F3N7O. The van der Waals surface area contributed by atoms with E-state index < -0.39 is 11.9 Å². The van der Waals surface area contributed by atoms with Crippen molar-refractivity contribution in [2.45, 2.75) is 6.18 Å². The fourth-order valence-electron chi connectivity index (χ4n) is 3.45. The normalized spacial score (nSPS) is 23.2. The molecule has 2 atom stereocenters. The molecule has 0 spiro atoms. The van der Waals surface area contributed by atoms with E-state index in [1.807, 2.05) is 0 Å². The first kappa shape index (κ1) is 15.8. The van der Waals surface area contributed by atoms with Crippen LogP contribution in [0.25, 0.3) is 0 Å². The van der Waals surface area contributed by atoms with Crippen LogP contribution < -0.4 is 4.90 Å². The lowest BCUT2D eigenvalue weighted by Gasteiger charge is -2.21. The van der Waals surface area contributed by atoms with Gasteiger partial charge in [-0.05, 0) is 6.07 Å². The molecule has 11 heteroatoms. The first-order valence-electron chi connectivity index (χ1n) is 7.72. The van der Waals surface area contributed by atoms with Crippen molar-refractivity contribution in [1.82, 2.24) is 30.3 Å². The number of carbonyl (C=O) groups excluding carboxylic acids is 1. The Balaban J connectivity index is 1.44. The highest BCUT2D eigenvalue weighted by molar-refractivity contribution is 5.92. The molecule has 4 heterocycles. The van der Waals surface area contributed by atoms with E-state index in [9.17, 15) is 18.0 Å². The molecule has 0 aromatic carbocycles. The van der Waals surface area contributed by atoms with Crippen molar-refractivity contribution >= 4 is 11.9 Å². The Morgan fingerprint density at radius 3 is 2.52 bits per heavy atom. The Labute approximate surface area is 140 Å². The van der Waals surface area contributed by atoms with Crippen molar-refractivity contribution in [3.05, 3.63) is 29.8 Å². The van der Waals surface area contributed by atoms with Gasteiger partial charge in [0.05, 0.1) is 6.20 Å². The van der Waals surface area contributed by atoms with Crippen LogP contribution in [0.4, 0.5) is 19.1 Å². The highest BCUT2D eigenvalue weighted by Crippen LogP contribution is 2.34. The van der Waals surface area contributed by atoms with Gasteiger partial charge in [-0.15, -0.1) is 0 Å². The zero-order valence-electron chi connectivity index (χ0n) is 12.9. The zero-order chi connectivity index (χ0) is 17.6. The number of fused-ring (bicyclic) bond motifs is 1. The Morgan fingerprint density at radius 1 is 1.20 bits per heavy atom. The standard InChI is InChI=1S/C14H14F3N7O/c15-14(16,17)11-1-2-18-13(20-11)24-6-8-4-23(5-9(8)7-24)12(25)10-3-19-22-21-10/h1-3,8-9H,4-7H2,(H,19,21,22). The smallest absolute Gasteiger partial charge is 0.340 e. The summed E-state index contributed by atoms with van der Waals surface area (Å²) in [7, 11) is 0. The molecule has 2 aliphatic rings. The Hall–Kier alpha value is -2.72. The summed E-state index contributed by atoms with van der Waals surface area (Å²) in [6.45, 7) is 2.11. The number of nitrogens with zero attached hydrogens (tertiary/aromatic N) is 6. The summed E-state index contributed by atoms with van der Waals surface area (Å²) in [6.07, 6.45) is -1.99. The summed E-state index contributed by atoms with van der Waals surface area (Å²) in [5, 5.41) is 9.82. The number of hydrogen-bond donors (Lipinski definition) is 1. The van der Waals surface area contributed by atoms with Gasteiger partial charge >= 0.3 is 6.18 Å². The number of halogens is 3. The lowest BCUT2D eigenvalue weighted by Crippen LogP contribution is -2.34. The first-order valence-corrected chi connectivity index (χ1v) is 7.72. The van der Waals surface area contributed by atoms with E-state index in [-0.39, 0.29) is 29.4 Å².